The molecule has 1 aliphatic heterocycles. The largest absolute Gasteiger partial charge is 0.406 e. The summed E-state index contributed by atoms with van der Waals surface area (Å²) in [5.41, 5.74) is 0. The first kappa shape index (κ1) is 14.3. The van der Waals surface area contributed by atoms with Crippen LogP contribution in [0.3, 0.4) is 0 Å². The zero-order valence-corrected chi connectivity index (χ0v) is 10.3. The van der Waals surface area contributed by atoms with E-state index in [2.05, 4.69) is 6.92 Å². The van der Waals surface area contributed by atoms with Crippen molar-refractivity contribution in [2.24, 2.45) is 5.92 Å². The Balaban J connectivity index is 2.33. The normalized spacial score (nSPS) is 19.4. The first-order chi connectivity index (χ1) is 7.78. The fourth-order valence-electron chi connectivity index (χ4n) is 1.89. The van der Waals surface area contributed by atoms with Crippen LogP contribution in [0, 0.1) is 5.92 Å². The number of carbonyl (C=O) groups excluding carboxylic acids is 1. The molecule has 0 saturated carbocycles. The van der Waals surface area contributed by atoms with Gasteiger partial charge in [-0.3, -0.25) is 9.69 Å². The molecule has 0 atom stereocenters. The van der Waals surface area contributed by atoms with Crippen molar-refractivity contribution < 1.29 is 18.0 Å². The van der Waals surface area contributed by atoms with Gasteiger partial charge >= 0.3 is 6.18 Å². The maximum Gasteiger partial charge on any atom is 0.406 e. The van der Waals surface area contributed by atoms with Gasteiger partial charge in [0, 0.05) is 7.05 Å². The second-order valence-corrected chi connectivity index (χ2v) is 4.82. The van der Waals surface area contributed by atoms with Gasteiger partial charge in [-0.2, -0.15) is 13.2 Å². The topological polar surface area (TPSA) is 23.6 Å². The third kappa shape index (κ3) is 5.39. The maximum atomic E-state index is 12.1. The highest BCUT2D eigenvalue weighted by molar-refractivity contribution is 5.78. The van der Waals surface area contributed by atoms with Crippen LogP contribution >= 0.6 is 0 Å². The standard InChI is InChI=1S/C11H19F3N2O/c1-9-3-5-16(6-4-9)7-10(17)15(2)8-11(12,13)14/h9H,3-8H2,1-2H3. The summed E-state index contributed by atoms with van der Waals surface area (Å²) in [5, 5.41) is 0. The average molecular weight is 252 g/mol. The summed E-state index contributed by atoms with van der Waals surface area (Å²) >= 11 is 0. The maximum absolute atomic E-state index is 12.1. The predicted octanol–water partition coefficient (Wildman–Crippen LogP) is 1.74. The van der Waals surface area contributed by atoms with Gasteiger partial charge in [-0.25, -0.2) is 0 Å². The summed E-state index contributed by atoms with van der Waals surface area (Å²) in [4.78, 5) is 14.2. The molecular weight excluding hydrogens is 233 g/mol. The molecule has 0 aromatic carbocycles. The number of piperidine rings is 1. The van der Waals surface area contributed by atoms with E-state index in [1.165, 1.54) is 7.05 Å². The van der Waals surface area contributed by atoms with Crippen LogP contribution in [0.4, 0.5) is 13.2 Å². The highest BCUT2D eigenvalue weighted by Crippen LogP contribution is 2.17. The quantitative estimate of drug-likeness (QED) is 0.764. The van der Waals surface area contributed by atoms with Crippen molar-refractivity contribution in [1.82, 2.24) is 9.80 Å². The van der Waals surface area contributed by atoms with Crippen molar-refractivity contribution >= 4 is 5.91 Å². The Morgan fingerprint density at radius 1 is 1.35 bits per heavy atom. The van der Waals surface area contributed by atoms with Gasteiger partial charge in [-0.1, -0.05) is 6.92 Å². The van der Waals surface area contributed by atoms with E-state index in [-0.39, 0.29) is 6.54 Å². The Hall–Kier alpha value is -0.780. The Morgan fingerprint density at radius 3 is 2.35 bits per heavy atom. The lowest BCUT2D eigenvalue weighted by atomic mass is 9.99. The van der Waals surface area contributed by atoms with Gasteiger partial charge in [0.05, 0.1) is 6.54 Å². The molecule has 0 radical (unpaired) electrons. The zero-order chi connectivity index (χ0) is 13.1. The van der Waals surface area contributed by atoms with E-state index in [1.54, 1.807) is 0 Å². The zero-order valence-electron chi connectivity index (χ0n) is 10.3. The Bertz CT molecular complexity index is 260. The number of amides is 1. The van der Waals surface area contributed by atoms with Gasteiger partial charge in [0.25, 0.3) is 0 Å². The Labute approximate surface area is 99.6 Å². The van der Waals surface area contributed by atoms with Crippen LogP contribution in [0.2, 0.25) is 0 Å². The van der Waals surface area contributed by atoms with Gasteiger partial charge < -0.3 is 4.90 Å². The number of rotatable bonds is 3. The van der Waals surface area contributed by atoms with E-state index < -0.39 is 18.6 Å². The molecule has 17 heavy (non-hydrogen) atoms. The summed E-state index contributed by atoms with van der Waals surface area (Å²) in [6.07, 6.45) is -2.30. The number of halogens is 3. The van der Waals surface area contributed by atoms with Crippen LogP contribution in [-0.2, 0) is 4.79 Å². The smallest absolute Gasteiger partial charge is 0.336 e. The van der Waals surface area contributed by atoms with Gasteiger partial charge in [-0.05, 0) is 31.8 Å². The van der Waals surface area contributed by atoms with Crippen LogP contribution < -0.4 is 0 Å². The third-order valence-corrected chi connectivity index (χ3v) is 3.08. The average Bonchev–Trinajstić information content (AvgIpc) is 2.19. The number of hydrogen-bond acceptors (Lipinski definition) is 2. The first-order valence-electron chi connectivity index (χ1n) is 5.81. The summed E-state index contributed by atoms with van der Waals surface area (Å²) in [7, 11) is 1.20. The second kappa shape index (κ2) is 5.71. The monoisotopic (exact) mass is 252 g/mol. The minimum absolute atomic E-state index is 0.0965. The minimum Gasteiger partial charge on any atom is -0.336 e. The summed E-state index contributed by atoms with van der Waals surface area (Å²) in [5.74, 6) is 0.186. The molecule has 1 fully saturated rings. The molecule has 6 heteroatoms. The number of likely N-dealkylation sites (N-methyl/N-ethyl adjacent to an activating group) is 1. The lowest BCUT2D eigenvalue weighted by molar-refractivity contribution is -0.159. The van der Waals surface area contributed by atoms with E-state index in [0.29, 0.717) is 5.92 Å². The molecule has 1 aliphatic rings. The molecule has 0 bridgehead atoms. The van der Waals surface area contributed by atoms with Gasteiger partial charge in [0.1, 0.15) is 6.54 Å². The molecule has 0 unspecified atom stereocenters. The lowest BCUT2D eigenvalue weighted by Crippen LogP contribution is -2.44. The van der Waals surface area contributed by atoms with Crippen molar-refractivity contribution in [3.63, 3.8) is 0 Å². The number of alkyl halides is 3. The van der Waals surface area contributed by atoms with Crippen molar-refractivity contribution in [2.45, 2.75) is 25.9 Å². The fraction of sp³-hybridized carbons (Fsp3) is 0.909. The molecule has 1 rings (SSSR count). The van der Waals surface area contributed by atoms with Crippen LogP contribution in [0.25, 0.3) is 0 Å². The molecule has 1 amide bonds. The van der Waals surface area contributed by atoms with Gasteiger partial charge in [0.2, 0.25) is 5.91 Å². The molecule has 3 nitrogen and oxygen atoms in total. The van der Waals surface area contributed by atoms with Crippen molar-refractivity contribution in [3.05, 3.63) is 0 Å². The highest BCUT2D eigenvalue weighted by atomic mass is 19.4. The van der Waals surface area contributed by atoms with Crippen LogP contribution in [0.15, 0.2) is 0 Å². The first-order valence-corrected chi connectivity index (χ1v) is 5.81. The molecule has 100 valence electrons. The van der Waals surface area contributed by atoms with E-state index in [0.717, 1.165) is 30.8 Å². The lowest BCUT2D eigenvalue weighted by Gasteiger charge is -2.31. The Kier molecular flexibility index (Phi) is 4.80. The number of carbonyl (C=O) groups is 1. The summed E-state index contributed by atoms with van der Waals surface area (Å²) in [6, 6.07) is 0. The SMILES string of the molecule is CC1CCN(CC(=O)N(C)CC(F)(F)F)CC1. The van der Waals surface area contributed by atoms with Gasteiger partial charge in [0.15, 0.2) is 0 Å². The number of nitrogens with zero attached hydrogens (tertiary/aromatic N) is 2. The minimum atomic E-state index is -4.32. The second-order valence-electron chi connectivity index (χ2n) is 4.82. The molecule has 0 aromatic rings. The van der Waals surface area contributed by atoms with Crippen LogP contribution in [0.5, 0.6) is 0 Å². The van der Waals surface area contributed by atoms with Crippen LogP contribution in [0.1, 0.15) is 19.8 Å². The third-order valence-electron chi connectivity index (χ3n) is 3.08. The van der Waals surface area contributed by atoms with Crippen molar-refractivity contribution in [2.75, 3.05) is 33.2 Å². The number of likely N-dealkylation sites (tertiary alicyclic amines) is 1. The van der Waals surface area contributed by atoms with Crippen molar-refractivity contribution in [3.8, 4) is 0 Å². The molecule has 0 spiro atoms. The van der Waals surface area contributed by atoms with Gasteiger partial charge in [-0.15, -0.1) is 0 Å². The predicted molar refractivity (Wildman–Crippen MR) is 58.5 cm³/mol. The highest BCUT2D eigenvalue weighted by Gasteiger charge is 2.31. The summed E-state index contributed by atoms with van der Waals surface area (Å²) in [6.45, 7) is 2.67. The summed E-state index contributed by atoms with van der Waals surface area (Å²) < 4.78 is 36.3. The fourth-order valence-corrected chi connectivity index (χ4v) is 1.89. The molecule has 0 aromatic heterocycles. The Morgan fingerprint density at radius 2 is 1.88 bits per heavy atom. The van der Waals surface area contributed by atoms with E-state index in [9.17, 15) is 18.0 Å². The molecule has 0 N–H and O–H groups in total. The molecule has 0 aliphatic carbocycles. The van der Waals surface area contributed by atoms with Crippen molar-refractivity contribution in [1.29, 1.82) is 0 Å². The van der Waals surface area contributed by atoms with E-state index >= 15 is 0 Å². The van der Waals surface area contributed by atoms with E-state index in [1.807, 2.05) is 4.90 Å². The molecular formula is C11H19F3N2O. The molecule has 1 heterocycles. The van der Waals surface area contributed by atoms with Crippen LogP contribution in [-0.4, -0.2) is 55.1 Å². The molecule has 1 saturated heterocycles. The van der Waals surface area contributed by atoms with E-state index in [4.69, 9.17) is 0 Å². The number of hydrogen-bond donors (Lipinski definition) is 0.